The zero-order chi connectivity index (χ0) is 29.1. The summed E-state index contributed by atoms with van der Waals surface area (Å²) in [5.41, 5.74) is 1.11. The second kappa shape index (κ2) is 15.3. The molecule has 1 saturated carbocycles. The van der Waals surface area contributed by atoms with E-state index in [4.69, 9.17) is 30.8 Å². The first-order valence-corrected chi connectivity index (χ1v) is 14.9. The van der Waals surface area contributed by atoms with Crippen LogP contribution in [0.1, 0.15) is 52.4 Å². The molecule has 41 heavy (non-hydrogen) atoms. The molecular weight excluding hydrogens is 544 g/mol. The van der Waals surface area contributed by atoms with Crippen LogP contribution in [-0.4, -0.2) is 73.6 Å². The normalized spacial score (nSPS) is 20.9. The number of rotatable bonds is 13. The van der Waals surface area contributed by atoms with Gasteiger partial charge in [0.2, 0.25) is 0 Å². The molecule has 11 heteroatoms. The van der Waals surface area contributed by atoms with E-state index in [9.17, 15) is 10.1 Å². The molecule has 0 bridgehead atoms. The van der Waals surface area contributed by atoms with E-state index in [1.54, 1.807) is 13.1 Å². The lowest BCUT2D eigenvalue weighted by molar-refractivity contribution is -0.148. The van der Waals surface area contributed by atoms with Crippen LogP contribution in [0.3, 0.4) is 0 Å². The summed E-state index contributed by atoms with van der Waals surface area (Å²) in [5.74, 6) is 1.15. The summed E-state index contributed by atoms with van der Waals surface area (Å²) in [7, 11) is 0. The van der Waals surface area contributed by atoms with Crippen molar-refractivity contribution in [1.82, 2.24) is 15.3 Å². The van der Waals surface area contributed by atoms with Crippen molar-refractivity contribution in [3.8, 4) is 17.3 Å². The number of nitriles is 1. The number of nitrogens with zero attached hydrogens (tertiary/aromatic N) is 3. The van der Waals surface area contributed by atoms with Crippen LogP contribution in [0.25, 0.3) is 11.3 Å². The summed E-state index contributed by atoms with van der Waals surface area (Å²) in [6.07, 6.45) is 7.18. The smallest absolute Gasteiger partial charge is 0.332 e. The van der Waals surface area contributed by atoms with Gasteiger partial charge in [0.25, 0.3) is 0 Å². The molecule has 0 amide bonds. The van der Waals surface area contributed by atoms with Crippen molar-refractivity contribution in [3.05, 3.63) is 35.5 Å². The maximum absolute atomic E-state index is 11.4. The third kappa shape index (κ3) is 9.27. The Balaban J connectivity index is 1.28. The van der Waals surface area contributed by atoms with E-state index in [1.165, 1.54) is 0 Å². The number of carbonyl (C=O) groups excluding carboxylic acids is 1. The number of hydrogen-bond donors (Lipinski definition) is 3. The molecule has 0 unspecified atom stereocenters. The van der Waals surface area contributed by atoms with Crippen molar-refractivity contribution in [2.75, 3.05) is 50.2 Å². The van der Waals surface area contributed by atoms with Crippen molar-refractivity contribution >= 4 is 29.2 Å². The highest BCUT2D eigenvalue weighted by molar-refractivity contribution is 6.33. The molecule has 3 N–H and O–H groups in total. The minimum atomic E-state index is -0.439. The Labute approximate surface area is 247 Å². The average Bonchev–Trinajstić information content (AvgIpc) is 2.99. The molecule has 1 aliphatic heterocycles. The van der Waals surface area contributed by atoms with Crippen LogP contribution in [0.15, 0.2) is 30.5 Å². The van der Waals surface area contributed by atoms with Crippen LogP contribution in [0.2, 0.25) is 5.02 Å². The van der Waals surface area contributed by atoms with E-state index in [2.05, 4.69) is 33.9 Å². The highest BCUT2D eigenvalue weighted by Gasteiger charge is 2.32. The molecule has 4 rings (SSSR count). The average molecular weight is 585 g/mol. The summed E-state index contributed by atoms with van der Waals surface area (Å²) in [5, 5.41) is 20.8. The number of carbonyl (C=O) groups is 1. The second-order valence-corrected chi connectivity index (χ2v) is 11.3. The molecule has 0 spiro atoms. The molecule has 2 aromatic heterocycles. The predicted octanol–water partition coefficient (Wildman–Crippen LogP) is 4.81. The maximum atomic E-state index is 11.4. The van der Waals surface area contributed by atoms with Gasteiger partial charge >= 0.3 is 5.97 Å². The Morgan fingerprint density at radius 2 is 1.98 bits per heavy atom. The van der Waals surface area contributed by atoms with Crippen molar-refractivity contribution in [1.29, 1.82) is 5.26 Å². The molecule has 2 fully saturated rings. The standard InChI is InChI=1S/C30H41ClN6O4/c1-3-41-29(38)18-40-17-21(2)35-22-7-9-23(10-8-22)36-28-15-24(25(31)16-33-28)26-5-4-6-27(37-26)34-20-30(19-32)11-13-39-14-12-30/h4-6,15-16,21-23,35H,3,7-14,17-18,20H2,1-2H3,(H,33,36)(H,34,37)/t21-,22?,23?/m0/s1. The summed E-state index contributed by atoms with van der Waals surface area (Å²) < 4.78 is 15.8. The van der Waals surface area contributed by atoms with E-state index in [0.717, 1.165) is 42.8 Å². The van der Waals surface area contributed by atoms with Gasteiger partial charge in [0, 0.05) is 49.6 Å². The Bertz CT molecular complexity index is 1180. The van der Waals surface area contributed by atoms with E-state index in [-0.39, 0.29) is 18.6 Å². The maximum Gasteiger partial charge on any atom is 0.332 e. The number of halogens is 1. The molecule has 0 aromatic carbocycles. The van der Waals surface area contributed by atoms with Crippen LogP contribution in [0.4, 0.5) is 11.6 Å². The third-order valence-corrected chi connectivity index (χ3v) is 7.97. The van der Waals surface area contributed by atoms with Crippen molar-refractivity contribution in [2.45, 2.75) is 70.5 Å². The third-order valence-electron chi connectivity index (χ3n) is 7.67. The van der Waals surface area contributed by atoms with E-state index >= 15 is 0 Å². The molecular formula is C30H41ClN6O4. The fraction of sp³-hybridized carbons (Fsp3) is 0.600. The molecule has 222 valence electrons. The first-order valence-electron chi connectivity index (χ1n) is 14.5. The molecule has 1 atom stereocenters. The lowest BCUT2D eigenvalue weighted by Gasteiger charge is -2.32. The minimum absolute atomic E-state index is 0.0132. The zero-order valence-electron chi connectivity index (χ0n) is 24.0. The molecule has 1 saturated heterocycles. The number of anilines is 2. The molecule has 3 heterocycles. The molecule has 1 aliphatic carbocycles. The van der Waals surface area contributed by atoms with Gasteiger partial charge in [-0.1, -0.05) is 17.7 Å². The monoisotopic (exact) mass is 584 g/mol. The zero-order valence-corrected chi connectivity index (χ0v) is 24.7. The fourth-order valence-corrected chi connectivity index (χ4v) is 5.53. The van der Waals surface area contributed by atoms with Crippen LogP contribution < -0.4 is 16.0 Å². The molecule has 0 radical (unpaired) electrons. The van der Waals surface area contributed by atoms with Gasteiger partial charge in [0.05, 0.1) is 35.4 Å². The number of ether oxygens (including phenoxy) is 3. The van der Waals surface area contributed by atoms with E-state index in [1.807, 2.05) is 24.3 Å². The van der Waals surface area contributed by atoms with Crippen LogP contribution >= 0.6 is 11.6 Å². The number of esters is 1. The largest absolute Gasteiger partial charge is 0.464 e. The number of aromatic nitrogens is 2. The van der Waals surface area contributed by atoms with Crippen molar-refractivity contribution in [2.24, 2.45) is 5.41 Å². The first kappa shape index (κ1) is 31.0. The Morgan fingerprint density at radius 3 is 2.71 bits per heavy atom. The minimum Gasteiger partial charge on any atom is -0.464 e. The molecule has 10 nitrogen and oxygen atoms in total. The quantitative estimate of drug-likeness (QED) is 0.282. The Morgan fingerprint density at radius 1 is 1.22 bits per heavy atom. The first-order chi connectivity index (χ1) is 19.9. The van der Waals surface area contributed by atoms with Gasteiger partial charge in [-0.3, -0.25) is 0 Å². The topological polar surface area (TPSA) is 130 Å². The van der Waals surface area contributed by atoms with E-state index < -0.39 is 5.41 Å². The summed E-state index contributed by atoms with van der Waals surface area (Å²) in [6, 6.07) is 11.1. The predicted molar refractivity (Wildman–Crippen MR) is 159 cm³/mol. The van der Waals surface area contributed by atoms with Gasteiger partial charge in [0.1, 0.15) is 18.2 Å². The highest BCUT2D eigenvalue weighted by atomic mass is 35.5. The summed E-state index contributed by atoms with van der Waals surface area (Å²) in [6.45, 7) is 6.41. The fourth-order valence-electron chi connectivity index (χ4n) is 5.33. The number of hydrogen-bond acceptors (Lipinski definition) is 10. The van der Waals surface area contributed by atoms with Gasteiger partial charge in [-0.15, -0.1) is 0 Å². The van der Waals surface area contributed by atoms with Crippen LogP contribution in [0.5, 0.6) is 0 Å². The van der Waals surface area contributed by atoms with Crippen LogP contribution in [0, 0.1) is 16.7 Å². The van der Waals surface area contributed by atoms with Gasteiger partial charge in [-0.2, -0.15) is 5.26 Å². The molecule has 2 aromatic rings. The number of nitrogens with one attached hydrogen (secondary N) is 3. The van der Waals surface area contributed by atoms with Gasteiger partial charge in [-0.05, 0) is 70.6 Å². The van der Waals surface area contributed by atoms with Gasteiger partial charge in [0.15, 0.2) is 0 Å². The number of pyridine rings is 2. The molecule has 2 aliphatic rings. The SMILES string of the molecule is CCOC(=O)COC[C@H](C)NC1CCC(Nc2cc(-c3cccc(NCC4(C#N)CCOCC4)n3)c(Cl)cn2)CC1. The Kier molecular flexibility index (Phi) is 11.6. The Hall–Kier alpha value is -2.97. The van der Waals surface area contributed by atoms with Gasteiger partial charge in [-0.25, -0.2) is 14.8 Å². The van der Waals surface area contributed by atoms with Crippen molar-refractivity contribution < 1.29 is 19.0 Å². The summed E-state index contributed by atoms with van der Waals surface area (Å²) >= 11 is 6.55. The van der Waals surface area contributed by atoms with Crippen LogP contribution in [-0.2, 0) is 19.0 Å². The van der Waals surface area contributed by atoms with Crippen molar-refractivity contribution in [3.63, 3.8) is 0 Å². The second-order valence-electron chi connectivity index (χ2n) is 10.9. The highest BCUT2D eigenvalue weighted by Crippen LogP contribution is 2.32. The lowest BCUT2D eigenvalue weighted by atomic mass is 9.82. The summed E-state index contributed by atoms with van der Waals surface area (Å²) in [4.78, 5) is 20.7. The lowest BCUT2D eigenvalue weighted by Crippen LogP contribution is -2.43. The van der Waals surface area contributed by atoms with Gasteiger partial charge < -0.3 is 30.2 Å². The van der Waals surface area contributed by atoms with E-state index in [0.29, 0.717) is 68.7 Å².